The maximum absolute atomic E-state index is 12.3. The summed E-state index contributed by atoms with van der Waals surface area (Å²) < 4.78 is 0. The van der Waals surface area contributed by atoms with E-state index in [0.717, 1.165) is 12.2 Å². The van der Waals surface area contributed by atoms with E-state index >= 15 is 0 Å². The lowest BCUT2D eigenvalue weighted by molar-refractivity contribution is 0.0950. The van der Waals surface area contributed by atoms with Crippen LogP contribution in [0.15, 0.2) is 42.6 Å². The molecule has 4 heteroatoms. The third kappa shape index (κ3) is 4.92. The second-order valence-electron chi connectivity index (χ2n) is 7.35. The third-order valence-electron chi connectivity index (χ3n) is 5.35. The van der Waals surface area contributed by atoms with Gasteiger partial charge in [-0.25, -0.2) is 0 Å². The van der Waals surface area contributed by atoms with Crippen molar-refractivity contribution >= 4 is 5.91 Å². The summed E-state index contributed by atoms with van der Waals surface area (Å²) in [5.41, 5.74) is 4.00. The van der Waals surface area contributed by atoms with Gasteiger partial charge in [-0.05, 0) is 50.1 Å². The minimum absolute atomic E-state index is 0.0760. The molecule has 1 aromatic heterocycles. The first-order chi connectivity index (χ1) is 12.6. The highest BCUT2D eigenvalue weighted by Gasteiger charge is 2.18. The fraction of sp³-hybridized carbons (Fsp3) is 0.455. The molecule has 0 unspecified atom stereocenters. The van der Waals surface area contributed by atoms with Gasteiger partial charge in [-0.1, -0.05) is 43.5 Å². The molecule has 0 atom stereocenters. The number of amides is 1. The van der Waals surface area contributed by atoms with Crippen LogP contribution in [-0.2, 0) is 13.1 Å². The van der Waals surface area contributed by atoms with Crippen LogP contribution in [-0.4, -0.2) is 28.9 Å². The normalized spacial score (nSPS) is 15.2. The molecule has 1 fully saturated rings. The van der Waals surface area contributed by atoms with Crippen LogP contribution >= 0.6 is 0 Å². The Hall–Kier alpha value is -2.20. The van der Waals surface area contributed by atoms with Crippen LogP contribution in [0.2, 0.25) is 0 Å². The first-order valence-corrected chi connectivity index (χ1v) is 9.61. The number of nitrogens with zero attached hydrogens (tertiary/aromatic N) is 2. The molecule has 138 valence electrons. The molecule has 2 aromatic rings. The summed E-state index contributed by atoms with van der Waals surface area (Å²) in [6.45, 7) is 3.39. The fourth-order valence-corrected chi connectivity index (χ4v) is 3.68. The van der Waals surface area contributed by atoms with Gasteiger partial charge in [0.2, 0.25) is 0 Å². The molecule has 1 amide bonds. The van der Waals surface area contributed by atoms with E-state index in [9.17, 15) is 4.79 Å². The molecule has 0 saturated heterocycles. The predicted octanol–water partition coefficient (Wildman–Crippen LogP) is 4.08. The quantitative estimate of drug-likeness (QED) is 0.853. The van der Waals surface area contributed by atoms with Crippen molar-refractivity contribution in [1.29, 1.82) is 0 Å². The SMILES string of the molecule is Cc1ccc(C(=O)NCc2ccccc2CN(C)C2CCCCC2)cn1. The molecular formula is C22H29N3O. The molecule has 1 heterocycles. The molecule has 1 saturated carbocycles. The van der Waals surface area contributed by atoms with Gasteiger partial charge < -0.3 is 5.32 Å². The average molecular weight is 351 g/mol. The Bertz CT molecular complexity index is 720. The zero-order chi connectivity index (χ0) is 18.4. The lowest BCUT2D eigenvalue weighted by Gasteiger charge is -2.31. The van der Waals surface area contributed by atoms with E-state index in [1.807, 2.05) is 25.1 Å². The minimum atomic E-state index is -0.0760. The number of benzene rings is 1. The number of rotatable bonds is 6. The smallest absolute Gasteiger partial charge is 0.253 e. The first-order valence-electron chi connectivity index (χ1n) is 9.61. The number of carbonyl (C=O) groups excluding carboxylic acids is 1. The molecule has 26 heavy (non-hydrogen) atoms. The Balaban J connectivity index is 1.61. The molecule has 1 aromatic carbocycles. The van der Waals surface area contributed by atoms with Crippen molar-refractivity contribution in [3.63, 3.8) is 0 Å². The number of hydrogen-bond acceptors (Lipinski definition) is 3. The van der Waals surface area contributed by atoms with E-state index in [2.05, 4.69) is 40.4 Å². The Morgan fingerprint density at radius 1 is 1.12 bits per heavy atom. The Kier molecular flexibility index (Phi) is 6.40. The van der Waals surface area contributed by atoms with E-state index in [-0.39, 0.29) is 5.91 Å². The second kappa shape index (κ2) is 8.95. The summed E-state index contributed by atoms with van der Waals surface area (Å²) in [5.74, 6) is -0.0760. The van der Waals surface area contributed by atoms with Gasteiger partial charge in [0.05, 0.1) is 5.56 Å². The molecular weight excluding hydrogens is 322 g/mol. The zero-order valence-corrected chi connectivity index (χ0v) is 15.9. The summed E-state index contributed by atoms with van der Waals surface area (Å²) in [5, 5.41) is 3.03. The lowest BCUT2D eigenvalue weighted by Crippen LogP contribution is -2.33. The number of pyridine rings is 1. The predicted molar refractivity (Wildman–Crippen MR) is 105 cm³/mol. The van der Waals surface area contributed by atoms with Gasteiger partial charge in [-0.3, -0.25) is 14.7 Å². The number of hydrogen-bond donors (Lipinski definition) is 1. The number of aryl methyl sites for hydroxylation is 1. The Morgan fingerprint density at radius 2 is 1.85 bits per heavy atom. The molecule has 1 aliphatic carbocycles. The molecule has 0 radical (unpaired) electrons. The largest absolute Gasteiger partial charge is 0.348 e. The van der Waals surface area contributed by atoms with Crippen molar-refractivity contribution in [2.75, 3.05) is 7.05 Å². The Morgan fingerprint density at radius 3 is 2.54 bits per heavy atom. The van der Waals surface area contributed by atoms with E-state index in [1.165, 1.54) is 43.2 Å². The highest BCUT2D eigenvalue weighted by molar-refractivity contribution is 5.93. The van der Waals surface area contributed by atoms with Gasteiger partial charge in [-0.15, -0.1) is 0 Å². The van der Waals surface area contributed by atoms with E-state index in [1.54, 1.807) is 6.20 Å². The van der Waals surface area contributed by atoms with Crippen LogP contribution in [0.3, 0.4) is 0 Å². The van der Waals surface area contributed by atoms with Gasteiger partial charge in [-0.2, -0.15) is 0 Å². The van der Waals surface area contributed by atoms with Crippen LogP contribution in [0, 0.1) is 6.92 Å². The molecule has 1 aliphatic rings. The molecule has 0 spiro atoms. The molecule has 4 nitrogen and oxygen atoms in total. The van der Waals surface area contributed by atoms with Crippen LogP contribution in [0.25, 0.3) is 0 Å². The molecule has 1 N–H and O–H groups in total. The van der Waals surface area contributed by atoms with Crippen molar-refractivity contribution in [2.45, 2.75) is 58.2 Å². The van der Waals surface area contributed by atoms with Crippen molar-refractivity contribution in [3.8, 4) is 0 Å². The lowest BCUT2D eigenvalue weighted by atomic mass is 9.94. The van der Waals surface area contributed by atoms with Crippen LogP contribution in [0.1, 0.15) is 59.3 Å². The van der Waals surface area contributed by atoms with Crippen molar-refractivity contribution in [1.82, 2.24) is 15.2 Å². The fourth-order valence-electron chi connectivity index (χ4n) is 3.68. The highest BCUT2D eigenvalue weighted by Crippen LogP contribution is 2.23. The zero-order valence-electron chi connectivity index (χ0n) is 15.9. The highest BCUT2D eigenvalue weighted by atomic mass is 16.1. The van der Waals surface area contributed by atoms with Gasteiger partial charge in [0, 0.05) is 31.0 Å². The molecule has 3 rings (SSSR count). The van der Waals surface area contributed by atoms with Crippen LogP contribution < -0.4 is 5.32 Å². The van der Waals surface area contributed by atoms with Crippen molar-refractivity contribution in [2.24, 2.45) is 0 Å². The number of carbonyl (C=O) groups is 1. The topological polar surface area (TPSA) is 45.2 Å². The van der Waals surface area contributed by atoms with Gasteiger partial charge in [0.25, 0.3) is 5.91 Å². The maximum Gasteiger partial charge on any atom is 0.253 e. The first kappa shape index (κ1) is 18.6. The Labute approximate surface area is 156 Å². The average Bonchev–Trinajstić information content (AvgIpc) is 2.68. The third-order valence-corrected chi connectivity index (χ3v) is 5.35. The van der Waals surface area contributed by atoms with Gasteiger partial charge in [0.15, 0.2) is 0 Å². The molecule has 0 bridgehead atoms. The molecule has 0 aliphatic heterocycles. The van der Waals surface area contributed by atoms with Crippen molar-refractivity contribution < 1.29 is 4.79 Å². The summed E-state index contributed by atoms with van der Waals surface area (Å²) in [7, 11) is 2.23. The minimum Gasteiger partial charge on any atom is -0.348 e. The standard InChI is InChI=1S/C22H29N3O/c1-17-12-13-19(15-23-17)22(26)24-14-18-8-6-7-9-20(18)16-25(2)21-10-4-3-5-11-21/h6-9,12-13,15,21H,3-5,10-11,14,16H2,1-2H3,(H,24,26). The second-order valence-corrected chi connectivity index (χ2v) is 7.35. The maximum atomic E-state index is 12.3. The summed E-state index contributed by atoms with van der Waals surface area (Å²) in [6, 6.07) is 12.8. The van der Waals surface area contributed by atoms with Gasteiger partial charge in [0.1, 0.15) is 0 Å². The monoisotopic (exact) mass is 351 g/mol. The van der Waals surface area contributed by atoms with E-state index in [0.29, 0.717) is 18.2 Å². The van der Waals surface area contributed by atoms with Crippen LogP contribution in [0.5, 0.6) is 0 Å². The number of aromatic nitrogens is 1. The van der Waals surface area contributed by atoms with E-state index < -0.39 is 0 Å². The number of nitrogens with one attached hydrogen (secondary N) is 1. The summed E-state index contributed by atoms with van der Waals surface area (Å²) >= 11 is 0. The van der Waals surface area contributed by atoms with Crippen LogP contribution in [0.4, 0.5) is 0 Å². The summed E-state index contributed by atoms with van der Waals surface area (Å²) in [6.07, 6.45) is 8.30. The van der Waals surface area contributed by atoms with E-state index in [4.69, 9.17) is 0 Å². The van der Waals surface area contributed by atoms with Gasteiger partial charge >= 0.3 is 0 Å². The van der Waals surface area contributed by atoms with Crippen molar-refractivity contribution in [3.05, 3.63) is 65.0 Å². The summed E-state index contributed by atoms with van der Waals surface area (Å²) in [4.78, 5) is 19.0.